The summed E-state index contributed by atoms with van der Waals surface area (Å²) in [7, 11) is 0. The van der Waals surface area contributed by atoms with E-state index in [1.807, 2.05) is 23.9 Å². The van der Waals surface area contributed by atoms with Gasteiger partial charge in [0, 0.05) is 16.8 Å². The molecule has 3 nitrogen and oxygen atoms in total. The number of hydrogen-bond acceptors (Lipinski definition) is 4. The van der Waals surface area contributed by atoms with Crippen LogP contribution in [0.2, 0.25) is 0 Å². The van der Waals surface area contributed by atoms with Gasteiger partial charge < -0.3 is 4.74 Å². The van der Waals surface area contributed by atoms with Crippen LogP contribution in [0, 0.1) is 0 Å². The highest BCUT2D eigenvalue weighted by Crippen LogP contribution is 2.41. The smallest absolute Gasteiger partial charge is 0.339 e. The average Bonchev–Trinajstić information content (AvgIpc) is 2.67. The third kappa shape index (κ3) is 5.13. The molecule has 0 spiro atoms. The monoisotopic (exact) mass is 383 g/mol. The zero-order valence-corrected chi connectivity index (χ0v) is 17.4. The minimum Gasteiger partial charge on any atom is -0.462 e. The van der Waals surface area contributed by atoms with Gasteiger partial charge in [0.2, 0.25) is 0 Å². The molecule has 3 rings (SSSR count). The van der Waals surface area contributed by atoms with Gasteiger partial charge in [0.25, 0.3) is 0 Å². The van der Waals surface area contributed by atoms with Crippen molar-refractivity contribution in [3.05, 3.63) is 58.9 Å². The number of benzene rings is 1. The fraction of sp³-hybridized carbons (Fsp3) is 0.478. The van der Waals surface area contributed by atoms with Crippen molar-refractivity contribution >= 4 is 17.7 Å². The van der Waals surface area contributed by atoms with Gasteiger partial charge >= 0.3 is 5.97 Å². The molecule has 0 saturated heterocycles. The van der Waals surface area contributed by atoms with Crippen molar-refractivity contribution in [1.29, 1.82) is 0 Å². The maximum atomic E-state index is 11.9. The Hall–Kier alpha value is -1.81. The van der Waals surface area contributed by atoms with E-state index in [2.05, 4.69) is 44.0 Å². The first-order valence-corrected chi connectivity index (χ1v) is 10.9. The Morgan fingerprint density at radius 1 is 1.22 bits per heavy atom. The Balaban J connectivity index is 1.60. The van der Waals surface area contributed by atoms with Crippen LogP contribution in [0.1, 0.15) is 67.2 Å². The molecule has 0 aliphatic carbocycles. The number of ether oxygens (including phenoxy) is 1. The number of aromatic nitrogens is 1. The van der Waals surface area contributed by atoms with E-state index in [9.17, 15) is 4.79 Å². The number of hydrogen-bond donors (Lipinski definition) is 0. The van der Waals surface area contributed by atoms with E-state index in [0.717, 1.165) is 31.4 Å². The second-order valence-corrected chi connectivity index (χ2v) is 8.98. The quantitative estimate of drug-likeness (QED) is 0.461. The molecule has 4 heteroatoms. The minimum absolute atomic E-state index is 0.259. The minimum atomic E-state index is -0.281. The average molecular weight is 384 g/mol. The van der Waals surface area contributed by atoms with Crippen LogP contribution in [0.5, 0.6) is 0 Å². The second-order valence-electron chi connectivity index (χ2n) is 7.84. The molecular weight excluding hydrogens is 354 g/mol. The highest BCUT2D eigenvalue weighted by atomic mass is 32.2. The molecule has 2 aromatic rings. The fourth-order valence-electron chi connectivity index (χ4n) is 3.30. The van der Waals surface area contributed by atoms with E-state index in [1.165, 1.54) is 28.2 Å². The number of pyridine rings is 1. The highest BCUT2D eigenvalue weighted by Gasteiger charge is 2.27. The van der Waals surface area contributed by atoms with Crippen molar-refractivity contribution in [2.45, 2.75) is 63.2 Å². The third-order valence-corrected chi connectivity index (χ3v) is 6.29. The number of carbonyl (C=O) groups is 1. The van der Waals surface area contributed by atoms with Crippen LogP contribution in [0.3, 0.4) is 0 Å². The summed E-state index contributed by atoms with van der Waals surface area (Å²) < 4.78 is 5.23. The number of nitrogens with zero attached hydrogens (tertiary/aromatic N) is 1. The lowest BCUT2D eigenvalue weighted by molar-refractivity contribution is 0.0499. The van der Waals surface area contributed by atoms with Crippen molar-refractivity contribution in [2.75, 3.05) is 12.4 Å². The summed E-state index contributed by atoms with van der Waals surface area (Å²) in [5.74, 6) is 0.924. The SMILES string of the molecule is CCCCOC(=O)c1ccc(CCc2ccc3c(c2)C(C)(C)CCS3)nc1. The Bertz CT molecular complexity index is 783. The summed E-state index contributed by atoms with van der Waals surface area (Å²) in [5.41, 5.74) is 4.63. The first-order chi connectivity index (χ1) is 13.0. The van der Waals surface area contributed by atoms with Crippen LogP contribution in [0.25, 0.3) is 0 Å². The lowest BCUT2D eigenvalue weighted by Crippen LogP contribution is -2.22. The molecule has 1 aliphatic rings. The number of thioether (sulfide) groups is 1. The highest BCUT2D eigenvalue weighted by molar-refractivity contribution is 7.99. The molecule has 0 unspecified atom stereocenters. The first kappa shape index (κ1) is 19.9. The van der Waals surface area contributed by atoms with Crippen molar-refractivity contribution < 1.29 is 9.53 Å². The van der Waals surface area contributed by atoms with Gasteiger partial charge in [-0.2, -0.15) is 0 Å². The predicted molar refractivity (Wildman–Crippen MR) is 112 cm³/mol. The van der Waals surface area contributed by atoms with Gasteiger partial charge in [-0.1, -0.05) is 39.3 Å². The summed E-state index contributed by atoms with van der Waals surface area (Å²) in [4.78, 5) is 17.8. The fourth-order valence-corrected chi connectivity index (χ4v) is 4.78. The number of esters is 1. The van der Waals surface area contributed by atoms with Gasteiger partial charge in [0.05, 0.1) is 12.2 Å². The molecule has 144 valence electrons. The van der Waals surface area contributed by atoms with Gasteiger partial charge in [-0.3, -0.25) is 4.98 Å². The summed E-state index contributed by atoms with van der Waals surface area (Å²) in [6.45, 7) is 7.24. The molecule has 1 aromatic carbocycles. The van der Waals surface area contributed by atoms with Crippen molar-refractivity contribution in [2.24, 2.45) is 0 Å². The zero-order chi connectivity index (χ0) is 19.3. The molecule has 0 radical (unpaired) electrons. The number of rotatable bonds is 7. The van der Waals surface area contributed by atoms with Crippen molar-refractivity contribution in [1.82, 2.24) is 4.98 Å². The maximum Gasteiger partial charge on any atom is 0.339 e. The summed E-state index contributed by atoms with van der Waals surface area (Å²) in [6.07, 6.45) is 6.61. The van der Waals surface area contributed by atoms with E-state index in [-0.39, 0.29) is 11.4 Å². The first-order valence-electron chi connectivity index (χ1n) is 9.88. The van der Waals surface area contributed by atoms with Crippen LogP contribution < -0.4 is 0 Å². The third-order valence-electron chi connectivity index (χ3n) is 5.22. The molecular formula is C23H29NO2S. The van der Waals surface area contributed by atoms with Crippen LogP contribution in [0.15, 0.2) is 41.4 Å². The Morgan fingerprint density at radius 3 is 2.81 bits per heavy atom. The molecule has 0 bridgehead atoms. The second kappa shape index (κ2) is 8.92. The van der Waals surface area contributed by atoms with E-state index in [1.54, 1.807) is 6.20 Å². The molecule has 1 aromatic heterocycles. The largest absolute Gasteiger partial charge is 0.462 e. The van der Waals surface area contributed by atoms with Crippen molar-refractivity contribution in [3.63, 3.8) is 0 Å². The van der Waals surface area contributed by atoms with E-state index in [4.69, 9.17) is 4.74 Å². The molecule has 2 heterocycles. The number of aryl methyl sites for hydroxylation is 2. The van der Waals surface area contributed by atoms with E-state index >= 15 is 0 Å². The van der Waals surface area contributed by atoms with Gasteiger partial charge in [-0.15, -0.1) is 11.8 Å². The van der Waals surface area contributed by atoms with Crippen molar-refractivity contribution in [3.8, 4) is 0 Å². The van der Waals surface area contributed by atoms with Gasteiger partial charge in [-0.25, -0.2) is 4.79 Å². The standard InChI is InChI=1S/C23H29NO2S/c1-4-5-13-26-22(25)18-8-10-19(24-16-18)9-6-17-7-11-21-20(15-17)23(2,3)12-14-27-21/h7-8,10-11,15-16H,4-6,9,12-14H2,1-3H3. The van der Waals surface area contributed by atoms with E-state index in [0.29, 0.717) is 12.2 Å². The van der Waals surface area contributed by atoms with Crippen LogP contribution in [0.4, 0.5) is 0 Å². The zero-order valence-electron chi connectivity index (χ0n) is 16.6. The molecule has 0 amide bonds. The molecule has 0 N–H and O–H groups in total. The Labute approximate surface area is 166 Å². The Morgan fingerprint density at radius 2 is 2.07 bits per heavy atom. The molecule has 1 aliphatic heterocycles. The summed E-state index contributed by atoms with van der Waals surface area (Å²) >= 11 is 1.97. The van der Waals surface area contributed by atoms with Crippen LogP contribution >= 0.6 is 11.8 Å². The summed E-state index contributed by atoms with van der Waals surface area (Å²) in [6, 6.07) is 10.7. The lowest BCUT2D eigenvalue weighted by Gasteiger charge is -2.32. The predicted octanol–water partition coefficient (Wildman–Crippen LogP) is 5.60. The summed E-state index contributed by atoms with van der Waals surface area (Å²) in [5, 5.41) is 0. The Kier molecular flexibility index (Phi) is 6.59. The molecule has 0 fully saturated rings. The number of unbranched alkanes of at least 4 members (excludes halogenated alkanes) is 1. The topological polar surface area (TPSA) is 39.2 Å². The maximum absolute atomic E-state index is 11.9. The number of carbonyl (C=O) groups excluding carboxylic acids is 1. The normalized spacial score (nSPS) is 15.2. The molecule has 0 saturated carbocycles. The van der Waals surface area contributed by atoms with Gasteiger partial charge in [-0.05, 0) is 66.2 Å². The van der Waals surface area contributed by atoms with E-state index < -0.39 is 0 Å². The number of fused-ring (bicyclic) bond motifs is 1. The molecule has 0 atom stereocenters. The van der Waals surface area contributed by atoms with Crippen LogP contribution in [-0.2, 0) is 23.0 Å². The molecule has 27 heavy (non-hydrogen) atoms. The lowest BCUT2D eigenvalue weighted by atomic mass is 9.81. The van der Waals surface area contributed by atoms with Gasteiger partial charge in [0.15, 0.2) is 0 Å². The van der Waals surface area contributed by atoms with Crippen LogP contribution in [-0.4, -0.2) is 23.3 Å². The van der Waals surface area contributed by atoms with Gasteiger partial charge in [0.1, 0.15) is 0 Å².